The number of carbonyl (C=O) groups excluding carboxylic acids is 1. The summed E-state index contributed by atoms with van der Waals surface area (Å²) in [5.74, 6) is 0.467. The highest BCUT2D eigenvalue weighted by Gasteiger charge is 2.23. The lowest BCUT2D eigenvalue weighted by Crippen LogP contribution is -2.01. The van der Waals surface area contributed by atoms with Crippen LogP contribution in [-0.4, -0.2) is 5.78 Å². The third-order valence-electron chi connectivity index (χ3n) is 4.55. The molecule has 0 aliphatic heterocycles. The Morgan fingerprint density at radius 1 is 0.880 bits per heavy atom. The second-order valence-electron chi connectivity index (χ2n) is 6.17. The molecule has 0 N–H and O–H groups in total. The lowest BCUT2D eigenvalue weighted by molar-refractivity contribution is 0.0994. The molecule has 0 fully saturated rings. The zero-order chi connectivity index (χ0) is 17.2. The number of hydrogen-bond donors (Lipinski definition) is 0. The maximum absolute atomic E-state index is 13.9. The number of rotatable bonds is 4. The maximum atomic E-state index is 13.9. The average Bonchev–Trinajstić information content (AvgIpc) is 3.01. The molecular formula is C22H17FO2. The summed E-state index contributed by atoms with van der Waals surface area (Å²) in [6.45, 7) is 0.124. The predicted molar refractivity (Wildman–Crippen MR) is 95.3 cm³/mol. The van der Waals surface area contributed by atoms with Gasteiger partial charge in [0, 0.05) is 23.1 Å². The second kappa shape index (κ2) is 6.52. The van der Waals surface area contributed by atoms with Crippen LogP contribution < -0.4 is 4.74 Å². The molecule has 0 aromatic heterocycles. The van der Waals surface area contributed by atoms with Gasteiger partial charge in [0.1, 0.15) is 18.2 Å². The van der Waals surface area contributed by atoms with Gasteiger partial charge in [0.2, 0.25) is 0 Å². The molecular weight excluding hydrogens is 315 g/mol. The zero-order valence-corrected chi connectivity index (χ0v) is 13.7. The standard InChI is InChI=1S/C22H17FO2/c23-20-9-5-4-8-17(20)14-25-22-13-18-16(10-11-21(18)24)12-19(22)15-6-2-1-3-7-15/h1-9,12-13H,10-11,14H2. The summed E-state index contributed by atoms with van der Waals surface area (Å²) in [5.41, 5.74) is 4.23. The Morgan fingerprint density at radius 3 is 2.44 bits per heavy atom. The molecule has 124 valence electrons. The van der Waals surface area contributed by atoms with Gasteiger partial charge >= 0.3 is 0 Å². The van der Waals surface area contributed by atoms with Crippen molar-refractivity contribution in [3.63, 3.8) is 0 Å². The highest BCUT2D eigenvalue weighted by molar-refractivity contribution is 6.01. The Bertz CT molecular complexity index is 932. The van der Waals surface area contributed by atoms with Crippen molar-refractivity contribution >= 4 is 5.78 Å². The van der Waals surface area contributed by atoms with Crippen LogP contribution in [0.25, 0.3) is 11.1 Å². The SMILES string of the molecule is O=C1CCc2cc(-c3ccccc3)c(OCc3ccccc3F)cc21. The molecule has 25 heavy (non-hydrogen) atoms. The van der Waals surface area contributed by atoms with Crippen LogP contribution in [0.3, 0.4) is 0 Å². The smallest absolute Gasteiger partial charge is 0.163 e. The van der Waals surface area contributed by atoms with Crippen molar-refractivity contribution in [3.8, 4) is 16.9 Å². The third kappa shape index (κ3) is 3.05. The molecule has 0 saturated carbocycles. The molecule has 2 nitrogen and oxygen atoms in total. The van der Waals surface area contributed by atoms with E-state index in [0.29, 0.717) is 17.7 Å². The number of halogens is 1. The monoisotopic (exact) mass is 332 g/mol. The minimum atomic E-state index is -0.291. The molecule has 3 heteroatoms. The molecule has 1 aliphatic rings. The van der Waals surface area contributed by atoms with E-state index in [1.54, 1.807) is 18.2 Å². The number of fused-ring (bicyclic) bond motifs is 1. The molecule has 1 aliphatic carbocycles. The number of aryl methyl sites for hydroxylation is 1. The first-order valence-corrected chi connectivity index (χ1v) is 8.34. The number of hydrogen-bond acceptors (Lipinski definition) is 2. The number of ether oxygens (including phenoxy) is 1. The summed E-state index contributed by atoms with van der Waals surface area (Å²) in [5, 5.41) is 0. The van der Waals surface area contributed by atoms with Gasteiger partial charge in [-0.1, -0.05) is 48.5 Å². The Morgan fingerprint density at radius 2 is 1.64 bits per heavy atom. The van der Waals surface area contributed by atoms with Gasteiger partial charge in [0.15, 0.2) is 5.78 Å². The van der Waals surface area contributed by atoms with Crippen LogP contribution in [0, 0.1) is 5.82 Å². The van der Waals surface area contributed by atoms with Crippen molar-refractivity contribution in [2.24, 2.45) is 0 Å². The first-order valence-electron chi connectivity index (χ1n) is 8.34. The fraction of sp³-hybridized carbons (Fsp3) is 0.136. The van der Waals surface area contributed by atoms with E-state index in [1.165, 1.54) is 6.07 Å². The average molecular weight is 332 g/mol. The van der Waals surface area contributed by atoms with Crippen molar-refractivity contribution in [1.82, 2.24) is 0 Å². The van der Waals surface area contributed by atoms with E-state index < -0.39 is 0 Å². The zero-order valence-electron chi connectivity index (χ0n) is 13.7. The van der Waals surface area contributed by atoms with Gasteiger partial charge in [-0.3, -0.25) is 4.79 Å². The second-order valence-corrected chi connectivity index (χ2v) is 6.17. The van der Waals surface area contributed by atoms with E-state index >= 15 is 0 Å². The highest BCUT2D eigenvalue weighted by atomic mass is 19.1. The Balaban J connectivity index is 1.73. The molecule has 0 unspecified atom stereocenters. The Hall–Kier alpha value is -2.94. The van der Waals surface area contributed by atoms with E-state index in [-0.39, 0.29) is 18.2 Å². The first-order chi connectivity index (χ1) is 12.2. The Kier molecular flexibility index (Phi) is 4.06. The van der Waals surface area contributed by atoms with Gasteiger partial charge in [0.25, 0.3) is 0 Å². The van der Waals surface area contributed by atoms with Gasteiger partial charge in [0.05, 0.1) is 0 Å². The van der Waals surface area contributed by atoms with Crippen LogP contribution in [-0.2, 0) is 13.0 Å². The molecule has 4 rings (SSSR count). The molecule has 0 bridgehead atoms. The topological polar surface area (TPSA) is 26.3 Å². The molecule has 0 atom stereocenters. The van der Waals surface area contributed by atoms with Gasteiger partial charge in [-0.15, -0.1) is 0 Å². The molecule has 0 amide bonds. The molecule has 0 spiro atoms. The molecule has 3 aromatic carbocycles. The normalized spacial score (nSPS) is 12.9. The first kappa shape index (κ1) is 15.6. The number of benzene rings is 3. The lowest BCUT2D eigenvalue weighted by atomic mass is 9.99. The van der Waals surface area contributed by atoms with Crippen molar-refractivity contribution in [2.75, 3.05) is 0 Å². The van der Waals surface area contributed by atoms with Crippen LogP contribution in [0.1, 0.15) is 27.9 Å². The minimum absolute atomic E-state index is 0.124. The third-order valence-corrected chi connectivity index (χ3v) is 4.55. The summed E-state index contributed by atoms with van der Waals surface area (Å²) < 4.78 is 19.8. The maximum Gasteiger partial charge on any atom is 0.163 e. The van der Waals surface area contributed by atoms with Crippen molar-refractivity contribution in [2.45, 2.75) is 19.4 Å². The highest BCUT2D eigenvalue weighted by Crippen LogP contribution is 2.36. The van der Waals surface area contributed by atoms with Crippen LogP contribution >= 0.6 is 0 Å². The van der Waals surface area contributed by atoms with E-state index in [1.807, 2.05) is 42.5 Å². The van der Waals surface area contributed by atoms with Gasteiger partial charge in [-0.05, 0) is 35.7 Å². The molecule has 0 radical (unpaired) electrons. The fourth-order valence-electron chi connectivity index (χ4n) is 3.21. The number of Topliss-reactive ketones (excluding diaryl/α,β-unsaturated/α-hetero) is 1. The fourth-order valence-corrected chi connectivity index (χ4v) is 3.21. The van der Waals surface area contributed by atoms with Gasteiger partial charge in [-0.2, -0.15) is 0 Å². The van der Waals surface area contributed by atoms with E-state index in [2.05, 4.69) is 0 Å². The quantitative estimate of drug-likeness (QED) is 0.656. The lowest BCUT2D eigenvalue weighted by Gasteiger charge is -2.14. The molecule has 0 saturated heterocycles. The van der Waals surface area contributed by atoms with Gasteiger partial charge < -0.3 is 4.74 Å². The van der Waals surface area contributed by atoms with Gasteiger partial charge in [-0.25, -0.2) is 4.39 Å². The minimum Gasteiger partial charge on any atom is -0.488 e. The van der Waals surface area contributed by atoms with Crippen molar-refractivity contribution in [3.05, 3.63) is 89.2 Å². The summed E-state index contributed by atoms with van der Waals surface area (Å²) in [7, 11) is 0. The van der Waals surface area contributed by atoms with Crippen LogP contribution in [0.15, 0.2) is 66.7 Å². The van der Waals surface area contributed by atoms with Crippen molar-refractivity contribution < 1.29 is 13.9 Å². The summed E-state index contributed by atoms with van der Waals surface area (Å²) in [6, 6.07) is 20.3. The number of carbonyl (C=O) groups is 1. The largest absolute Gasteiger partial charge is 0.488 e. The van der Waals surface area contributed by atoms with Crippen LogP contribution in [0.2, 0.25) is 0 Å². The molecule has 0 heterocycles. The molecule has 3 aromatic rings. The van der Waals surface area contributed by atoms with Crippen LogP contribution in [0.5, 0.6) is 5.75 Å². The summed E-state index contributed by atoms with van der Waals surface area (Å²) in [4.78, 5) is 12.1. The summed E-state index contributed by atoms with van der Waals surface area (Å²) >= 11 is 0. The van der Waals surface area contributed by atoms with E-state index in [9.17, 15) is 9.18 Å². The summed E-state index contributed by atoms with van der Waals surface area (Å²) in [6.07, 6.45) is 1.31. The Labute approximate surface area is 145 Å². The van der Waals surface area contributed by atoms with E-state index in [4.69, 9.17) is 4.74 Å². The van der Waals surface area contributed by atoms with Crippen molar-refractivity contribution in [1.29, 1.82) is 0 Å². The van der Waals surface area contributed by atoms with E-state index in [0.717, 1.165) is 28.7 Å². The van der Waals surface area contributed by atoms with Crippen LogP contribution in [0.4, 0.5) is 4.39 Å². The predicted octanol–water partition coefficient (Wildman–Crippen LogP) is 5.20. The number of ketones is 1.